The summed E-state index contributed by atoms with van der Waals surface area (Å²) in [5.41, 5.74) is 0.0467. The van der Waals surface area contributed by atoms with Gasteiger partial charge < -0.3 is 10.2 Å². The van der Waals surface area contributed by atoms with E-state index in [1.165, 1.54) is 12.1 Å². The molecule has 0 aromatic heterocycles. The molecule has 126 valence electrons. The van der Waals surface area contributed by atoms with Crippen molar-refractivity contribution in [1.82, 2.24) is 10.2 Å². The van der Waals surface area contributed by atoms with Crippen molar-refractivity contribution >= 4 is 11.8 Å². The topological polar surface area (TPSA) is 49.4 Å². The van der Waals surface area contributed by atoms with Crippen molar-refractivity contribution in [2.24, 2.45) is 5.92 Å². The van der Waals surface area contributed by atoms with Gasteiger partial charge in [-0.1, -0.05) is 19.1 Å². The van der Waals surface area contributed by atoms with Crippen LogP contribution in [0.5, 0.6) is 0 Å². The van der Waals surface area contributed by atoms with Gasteiger partial charge in [0.25, 0.3) is 0 Å². The fraction of sp³-hybridized carbons (Fsp3) is 0.556. The number of hydrogen-bond donors (Lipinski definition) is 1. The fourth-order valence-electron chi connectivity index (χ4n) is 2.94. The lowest BCUT2D eigenvalue weighted by molar-refractivity contribution is -0.135. The number of rotatable bonds is 5. The molecule has 0 bridgehead atoms. The van der Waals surface area contributed by atoms with Crippen LogP contribution in [0, 0.1) is 11.7 Å². The van der Waals surface area contributed by atoms with Gasteiger partial charge in [0, 0.05) is 19.6 Å². The Morgan fingerprint density at radius 3 is 2.57 bits per heavy atom. The molecule has 0 radical (unpaired) electrons. The van der Waals surface area contributed by atoms with Crippen LogP contribution in [-0.4, -0.2) is 36.3 Å². The zero-order valence-electron chi connectivity index (χ0n) is 14.1. The smallest absolute Gasteiger partial charge is 0.232 e. The molecule has 1 atom stereocenters. The standard InChI is InChI=1S/C18H25FN2O2/c1-4-10-20-16(22)13-9-11-21(12-13)17(23)18(2,3)14-5-7-15(19)8-6-14/h5-8,13H,4,9-12H2,1-3H3,(H,20,22)/t13-/m0/s1. The highest BCUT2D eigenvalue weighted by atomic mass is 19.1. The maximum Gasteiger partial charge on any atom is 0.232 e. The van der Waals surface area contributed by atoms with Gasteiger partial charge in [0.1, 0.15) is 5.82 Å². The number of carbonyl (C=O) groups excluding carboxylic acids is 2. The molecule has 1 aliphatic heterocycles. The van der Waals surface area contributed by atoms with E-state index in [1.807, 2.05) is 20.8 Å². The van der Waals surface area contributed by atoms with E-state index in [2.05, 4.69) is 5.32 Å². The number of nitrogens with one attached hydrogen (secondary N) is 1. The van der Waals surface area contributed by atoms with Crippen molar-refractivity contribution in [1.29, 1.82) is 0 Å². The zero-order valence-corrected chi connectivity index (χ0v) is 14.1. The summed E-state index contributed by atoms with van der Waals surface area (Å²) in [5, 5.41) is 2.89. The average Bonchev–Trinajstić information content (AvgIpc) is 3.02. The van der Waals surface area contributed by atoms with E-state index >= 15 is 0 Å². The molecule has 0 aliphatic carbocycles. The second-order valence-electron chi connectivity index (χ2n) is 6.66. The molecule has 1 N–H and O–H groups in total. The molecular weight excluding hydrogens is 295 g/mol. The van der Waals surface area contributed by atoms with Crippen molar-refractivity contribution in [2.45, 2.75) is 39.0 Å². The molecule has 5 heteroatoms. The van der Waals surface area contributed by atoms with Gasteiger partial charge in [0.2, 0.25) is 11.8 Å². The van der Waals surface area contributed by atoms with E-state index in [0.29, 0.717) is 26.1 Å². The molecule has 1 aliphatic rings. The van der Waals surface area contributed by atoms with Crippen LogP contribution in [0.3, 0.4) is 0 Å². The SMILES string of the molecule is CCCNC(=O)[C@H]1CCN(C(=O)C(C)(C)c2ccc(F)cc2)C1. The molecule has 4 nitrogen and oxygen atoms in total. The van der Waals surface area contributed by atoms with Crippen molar-refractivity contribution in [3.05, 3.63) is 35.6 Å². The van der Waals surface area contributed by atoms with Gasteiger partial charge >= 0.3 is 0 Å². The number of benzene rings is 1. The second-order valence-corrected chi connectivity index (χ2v) is 6.66. The van der Waals surface area contributed by atoms with Gasteiger partial charge in [-0.3, -0.25) is 9.59 Å². The van der Waals surface area contributed by atoms with Gasteiger partial charge in [0.15, 0.2) is 0 Å². The highest BCUT2D eigenvalue weighted by Gasteiger charge is 2.38. The summed E-state index contributed by atoms with van der Waals surface area (Å²) in [7, 11) is 0. The summed E-state index contributed by atoms with van der Waals surface area (Å²) in [6, 6.07) is 6.04. The first-order valence-corrected chi connectivity index (χ1v) is 8.19. The first kappa shape index (κ1) is 17.4. The first-order chi connectivity index (χ1) is 10.9. The van der Waals surface area contributed by atoms with E-state index in [1.54, 1.807) is 17.0 Å². The van der Waals surface area contributed by atoms with Crippen LogP contribution < -0.4 is 5.32 Å². The number of amides is 2. The quantitative estimate of drug-likeness (QED) is 0.906. The minimum atomic E-state index is -0.734. The van der Waals surface area contributed by atoms with Gasteiger partial charge in [0.05, 0.1) is 11.3 Å². The van der Waals surface area contributed by atoms with E-state index in [0.717, 1.165) is 12.0 Å². The zero-order chi connectivity index (χ0) is 17.0. The summed E-state index contributed by atoms with van der Waals surface area (Å²) >= 11 is 0. The summed E-state index contributed by atoms with van der Waals surface area (Å²) in [4.78, 5) is 26.6. The Morgan fingerprint density at radius 1 is 1.30 bits per heavy atom. The Bertz CT molecular complexity index is 569. The second kappa shape index (κ2) is 7.11. The molecule has 1 heterocycles. The third-order valence-electron chi connectivity index (χ3n) is 4.50. The lowest BCUT2D eigenvalue weighted by Gasteiger charge is -2.29. The summed E-state index contributed by atoms with van der Waals surface area (Å²) in [6.45, 7) is 7.41. The minimum Gasteiger partial charge on any atom is -0.356 e. The molecule has 0 spiro atoms. The molecule has 0 saturated carbocycles. The fourth-order valence-corrected chi connectivity index (χ4v) is 2.94. The predicted molar refractivity (Wildman–Crippen MR) is 87.4 cm³/mol. The van der Waals surface area contributed by atoms with E-state index in [9.17, 15) is 14.0 Å². The number of hydrogen-bond acceptors (Lipinski definition) is 2. The van der Waals surface area contributed by atoms with Crippen LogP contribution in [0.2, 0.25) is 0 Å². The molecule has 2 amide bonds. The van der Waals surface area contributed by atoms with Crippen LogP contribution in [0.25, 0.3) is 0 Å². The van der Waals surface area contributed by atoms with E-state index < -0.39 is 5.41 Å². The minimum absolute atomic E-state index is 0.0186. The normalized spacial score (nSPS) is 18.1. The summed E-state index contributed by atoms with van der Waals surface area (Å²) < 4.78 is 13.1. The van der Waals surface area contributed by atoms with Crippen LogP contribution in [0.1, 0.15) is 39.2 Å². The van der Waals surface area contributed by atoms with Crippen LogP contribution in [0.15, 0.2) is 24.3 Å². The summed E-state index contributed by atoms with van der Waals surface area (Å²) in [6.07, 6.45) is 1.60. The Labute approximate surface area is 137 Å². The largest absolute Gasteiger partial charge is 0.356 e. The molecule has 1 aromatic carbocycles. The maximum atomic E-state index is 13.1. The maximum absolute atomic E-state index is 13.1. The Hall–Kier alpha value is -1.91. The predicted octanol–water partition coefficient (Wildman–Crippen LogP) is 2.48. The van der Waals surface area contributed by atoms with Crippen molar-refractivity contribution in [2.75, 3.05) is 19.6 Å². The lowest BCUT2D eigenvalue weighted by Crippen LogP contribution is -2.43. The number of halogens is 1. The van der Waals surface area contributed by atoms with Gasteiger partial charge in [-0.15, -0.1) is 0 Å². The number of nitrogens with zero attached hydrogens (tertiary/aromatic N) is 1. The van der Waals surface area contributed by atoms with Crippen molar-refractivity contribution in [3.8, 4) is 0 Å². The molecule has 1 fully saturated rings. The third-order valence-corrected chi connectivity index (χ3v) is 4.50. The van der Waals surface area contributed by atoms with E-state index in [4.69, 9.17) is 0 Å². The van der Waals surface area contributed by atoms with Crippen LogP contribution in [0.4, 0.5) is 4.39 Å². The number of carbonyl (C=O) groups is 2. The number of likely N-dealkylation sites (tertiary alicyclic amines) is 1. The van der Waals surface area contributed by atoms with Gasteiger partial charge in [-0.2, -0.15) is 0 Å². The molecule has 23 heavy (non-hydrogen) atoms. The third kappa shape index (κ3) is 3.89. The van der Waals surface area contributed by atoms with Crippen molar-refractivity contribution < 1.29 is 14.0 Å². The molecular formula is C18H25FN2O2. The lowest BCUT2D eigenvalue weighted by atomic mass is 9.83. The highest BCUT2D eigenvalue weighted by molar-refractivity contribution is 5.89. The van der Waals surface area contributed by atoms with Crippen LogP contribution >= 0.6 is 0 Å². The van der Waals surface area contributed by atoms with Crippen LogP contribution in [-0.2, 0) is 15.0 Å². The molecule has 1 saturated heterocycles. The average molecular weight is 320 g/mol. The summed E-state index contributed by atoms with van der Waals surface area (Å²) in [5.74, 6) is -0.433. The Morgan fingerprint density at radius 2 is 1.96 bits per heavy atom. The Balaban J connectivity index is 2.03. The van der Waals surface area contributed by atoms with Gasteiger partial charge in [-0.05, 0) is 44.4 Å². The Kier molecular flexibility index (Phi) is 5.39. The monoisotopic (exact) mass is 320 g/mol. The molecule has 0 unspecified atom stereocenters. The first-order valence-electron chi connectivity index (χ1n) is 8.19. The molecule has 1 aromatic rings. The molecule has 2 rings (SSSR count). The van der Waals surface area contributed by atoms with E-state index in [-0.39, 0.29) is 23.5 Å². The van der Waals surface area contributed by atoms with Crippen molar-refractivity contribution in [3.63, 3.8) is 0 Å². The van der Waals surface area contributed by atoms with Gasteiger partial charge in [-0.25, -0.2) is 4.39 Å². The highest BCUT2D eigenvalue weighted by Crippen LogP contribution is 2.29.